The van der Waals surface area contributed by atoms with Gasteiger partial charge in [0.2, 0.25) is 0 Å². The molecule has 0 saturated heterocycles. The van der Waals surface area contributed by atoms with Crippen LogP contribution in [0.15, 0.2) is 48.8 Å². The van der Waals surface area contributed by atoms with Crippen LogP contribution in [0.2, 0.25) is 5.02 Å². The van der Waals surface area contributed by atoms with E-state index in [9.17, 15) is 4.79 Å². The van der Waals surface area contributed by atoms with Crippen LogP contribution in [-0.2, 0) is 13.1 Å². The molecule has 0 saturated carbocycles. The van der Waals surface area contributed by atoms with E-state index in [-0.39, 0.29) is 5.91 Å². The summed E-state index contributed by atoms with van der Waals surface area (Å²) in [6.45, 7) is 8.81. The molecule has 0 bridgehead atoms. The van der Waals surface area contributed by atoms with E-state index in [0.29, 0.717) is 23.2 Å². The van der Waals surface area contributed by atoms with Gasteiger partial charge in [0.05, 0.1) is 17.3 Å². The van der Waals surface area contributed by atoms with Crippen molar-refractivity contribution in [1.29, 1.82) is 0 Å². The molecule has 5 nitrogen and oxygen atoms in total. The SMILES string of the molecule is CCN(Cc1ccc(C(=O)NCc2cn3cc(Cl)ccc3n2)cc1)C(C)C. The third-order valence-electron chi connectivity index (χ3n) is 4.63. The van der Waals surface area contributed by atoms with E-state index in [1.165, 1.54) is 5.56 Å². The van der Waals surface area contributed by atoms with Crippen LogP contribution in [0.25, 0.3) is 5.65 Å². The minimum absolute atomic E-state index is 0.104. The molecule has 3 rings (SSSR count). The minimum atomic E-state index is -0.104. The van der Waals surface area contributed by atoms with Crippen LogP contribution < -0.4 is 5.32 Å². The zero-order chi connectivity index (χ0) is 19.4. The number of imidazole rings is 1. The number of benzene rings is 1. The van der Waals surface area contributed by atoms with Crippen LogP contribution in [0, 0.1) is 0 Å². The highest BCUT2D eigenvalue weighted by molar-refractivity contribution is 6.30. The number of hydrogen-bond donors (Lipinski definition) is 1. The van der Waals surface area contributed by atoms with Gasteiger partial charge in [-0.2, -0.15) is 0 Å². The zero-order valence-electron chi connectivity index (χ0n) is 15.9. The average Bonchev–Trinajstić information content (AvgIpc) is 3.06. The number of amides is 1. The summed E-state index contributed by atoms with van der Waals surface area (Å²) in [5.74, 6) is -0.104. The van der Waals surface area contributed by atoms with Crippen LogP contribution in [0.5, 0.6) is 0 Å². The van der Waals surface area contributed by atoms with Crippen molar-refractivity contribution in [2.75, 3.05) is 6.54 Å². The molecule has 2 aromatic heterocycles. The molecule has 1 aromatic carbocycles. The molecule has 1 amide bonds. The predicted octanol–water partition coefficient (Wildman–Crippen LogP) is 4.15. The van der Waals surface area contributed by atoms with Gasteiger partial charge in [-0.25, -0.2) is 4.98 Å². The second-order valence-corrected chi connectivity index (χ2v) is 7.32. The van der Waals surface area contributed by atoms with Gasteiger partial charge in [-0.1, -0.05) is 30.7 Å². The first-order chi connectivity index (χ1) is 13.0. The Morgan fingerprint density at radius 3 is 2.59 bits per heavy atom. The first kappa shape index (κ1) is 19.4. The van der Waals surface area contributed by atoms with Crippen molar-refractivity contribution in [3.05, 3.63) is 70.6 Å². The summed E-state index contributed by atoms with van der Waals surface area (Å²) < 4.78 is 1.85. The van der Waals surface area contributed by atoms with Gasteiger partial charge >= 0.3 is 0 Å². The quantitative estimate of drug-likeness (QED) is 0.665. The van der Waals surface area contributed by atoms with Crippen molar-refractivity contribution in [3.63, 3.8) is 0 Å². The number of carbonyl (C=O) groups excluding carboxylic acids is 1. The third kappa shape index (κ3) is 4.87. The molecular formula is C21H25ClN4O. The fourth-order valence-corrected chi connectivity index (χ4v) is 3.20. The number of carbonyl (C=O) groups is 1. The fourth-order valence-electron chi connectivity index (χ4n) is 3.03. The summed E-state index contributed by atoms with van der Waals surface area (Å²) in [5.41, 5.74) is 3.45. The van der Waals surface area contributed by atoms with Crippen LogP contribution in [0.1, 0.15) is 42.4 Å². The van der Waals surface area contributed by atoms with Crippen LogP contribution in [0.3, 0.4) is 0 Å². The fraction of sp³-hybridized carbons (Fsp3) is 0.333. The Morgan fingerprint density at radius 1 is 1.19 bits per heavy atom. The largest absolute Gasteiger partial charge is 0.346 e. The van der Waals surface area contributed by atoms with Crippen molar-refractivity contribution >= 4 is 23.2 Å². The van der Waals surface area contributed by atoms with E-state index < -0.39 is 0 Å². The van der Waals surface area contributed by atoms with Crippen molar-refractivity contribution in [2.45, 2.75) is 39.9 Å². The maximum Gasteiger partial charge on any atom is 0.251 e. The van der Waals surface area contributed by atoms with Crippen molar-refractivity contribution in [2.24, 2.45) is 0 Å². The first-order valence-electron chi connectivity index (χ1n) is 9.20. The second kappa shape index (κ2) is 8.55. The Bertz CT molecular complexity index is 918. The molecule has 2 heterocycles. The van der Waals surface area contributed by atoms with E-state index in [4.69, 9.17) is 11.6 Å². The van der Waals surface area contributed by atoms with Gasteiger partial charge in [-0.05, 0) is 50.2 Å². The van der Waals surface area contributed by atoms with Gasteiger partial charge in [-0.15, -0.1) is 0 Å². The lowest BCUT2D eigenvalue weighted by Gasteiger charge is -2.24. The molecule has 0 aliphatic carbocycles. The molecule has 0 aliphatic rings. The van der Waals surface area contributed by atoms with Gasteiger partial charge in [0.25, 0.3) is 5.91 Å². The molecule has 0 radical (unpaired) electrons. The van der Waals surface area contributed by atoms with Crippen molar-refractivity contribution in [3.8, 4) is 0 Å². The average molecular weight is 385 g/mol. The number of aromatic nitrogens is 2. The summed E-state index contributed by atoms with van der Waals surface area (Å²) in [4.78, 5) is 19.3. The lowest BCUT2D eigenvalue weighted by Crippen LogP contribution is -2.30. The highest BCUT2D eigenvalue weighted by Gasteiger charge is 2.10. The maximum atomic E-state index is 12.4. The van der Waals surface area contributed by atoms with Crippen molar-refractivity contribution in [1.82, 2.24) is 19.6 Å². The van der Waals surface area contributed by atoms with E-state index >= 15 is 0 Å². The Morgan fingerprint density at radius 2 is 1.93 bits per heavy atom. The number of nitrogens with zero attached hydrogens (tertiary/aromatic N) is 3. The van der Waals surface area contributed by atoms with Gasteiger partial charge in [-0.3, -0.25) is 9.69 Å². The Hall–Kier alpha value is -2.37. The lowest BCUT2D eigenvalue weighted by atomic mass is 10.1. The molecule has 1 N–H and O–H groups in total. The Labute approximate surface area is 165 Å². The zero-order valence-corrected chi connectivity index (χ0v) is 16.7. The highest BCUT2D eigenvalue weighted by atomic mass is 35.5. The number of rotatable bonds is 7. The standard InChI is InChI=1S/C21H25ClN4O/c1-4-25(15(2)3)12-16-5-7-17(8-6-16)21(27)23-11-19-14-26-13-18(22)9-10-20(26)24-19/h5-10,13-15H,4,11-12H2,1-3H3,(H,23,27). The predicted molar refractivity (Wildman–Crippen MR) is 109 cm³/mol. The topological polar surface area (TPSA) is 49.6 Å². The first-order valence-corrected chi connectivity index (χ1v) is 9.58. The Kier molecular flexibility index (Phi) is 6.14. The second-order valence-electron chi connectivity index (χ2n) is 6.88. The van der Waals surface area contributed by atoms with E-state index in [2.05, 4.69) is 36.0 Å². The van der Waals surface area contributed by atoms with Gasteiger partial charge in [0.1, 0.15) is 5.65 Å². The number of hydrogen-bond acceptors (Lipinski definition) is 3. The molecule has 0 atom stereocenters. The lowest BCUT2D eigenvalue weighted by molar-refractivity contribution is 0.0950. The molecule has 6 heteroatoms. The van der Waals surface area contributed by atoms with E-state index in [1.54, 1.807) is 12.3 Å². The normalized spacial score (nSPS) is 11.5. The van der Waals surface area contributed by atoms with Crippen LogP contribution >= 0.6 is 11.6 Å². The number of pyridine rings is 1. The molecule has 3 aromatic rings. The molecule has 27 heavy (non-hydrogen) atoms. The Balaban J connectivity index is 1.60. The summed E-state index contributed by atoms with van der Waals surface area (Å²) in [6, 6.07) is 11.9. The molecule has 0 spiro atoms. The molecule has 0 aliphatic heterocycles. The summed E-state index contributed by atoms with van der Waals surface area (Å²) in [6.07, 6.45) is 3.67. The van der Waals surface area contributed by atoms with Crippen molar-refractivity contribution < 1.29 is 4.79 Å². The molecular weight excluding hydrogens is 360 g/mol. The molecule has 0 unspecified atom stereocenters. The van der Waals surface area contributed by atoms with Crippen LogP contribution in [0.4, 0.5) is 0 Å². The van der Waals surface area contributed by atoms with Gasteiger partial charge in [0, 0.05) is 30.5 Å². The molecule has 0 fully saturated rings. The summed E-state index contributed by atoms with van der Waals surface area (Å²) in [7, 11) is 0. The monoisotopic (exact) mass is 384 g/mol. The maximum absolute atomic E-state index is 12.4. The van der Waals surface area contributed by atoms with Gasteiger partial charge in [0.15, 0.2) is 0 Å². The number of nitrogens with one attached hydrogen (secondary N) is 1. The minimum Gasteiger partial charge on any atom is -0.346 e. The van der Waals surface area contributed by atoms with Crippen LogP contribution in [-0.4, -0.2) is 32.8 Å². The number of fused-ring (bicyclic) bond motifs is 1. The van der Waals surface area contributed by atoms with E-state index in [1.807, 2.05) is 40.9 Å². The third-order valence-corrected chi connectivity index (χ3v) is 4.86. The highest BCUT2D eigenvalue weighted by Crippen LogP contribution is 2.13. The summed E-state index contributed by atoms with van der Waals surface area (Å²) >= 11 is 5.98. The molecule has 142 valence electrons. The van der Waals surface area contributed by atoms with Gasteiger partial charge < -0.3 is 9.72 Å². The smallest absolute Gasteiger partial charge is 0.251 e. The number of halogens is 1. The summed E-state index contributed by atoms with van der Waals surface area (Å²) in [5, 5.41) is 3.57. The van der Waals surface area contributed by atoms with E-state index in [0.717, 1.165) is 24.4 Å².